The maximum atomic E-state index is 2.36. The number of allylic oxidation sites excluding steroid dienone is 2. The Morgan fingerprint density at radius 1 is 1.31 bits per heavy atom. The molecule has 0 N–H and O–H groups in total. The average molecular weight is 172 g/mol. The van der Waals surface area contributed by atoms with Gasteiger partial charge in [-0.1, -0.05) is 42.0 Å². The van der Waals surface area contributed by atoms with Crippen LogP contribution in [0.25, 0.3) is 0 Å². The van der Waals surface area contributed by atoms with Crippen LogP contribution in [-0.4, -0.2) is 0 Å². The zero-order valence-electron chi connectivity index (χ0n) is 8.16. The standard InChI is InChI=1S/C13H16/c1-11-6-5-9-13(10-11)12-7-3-2-4-8-12/h3,5-7,9-10,12H,2,4,8H2,1H3/t12-/m1/s1. The van der Waals surface area contributed by atoms with Crippen LogP contribution in [0.15, 0.2) is 36.4 Å². The van der Waals surface area contributed by atoms with Gasteiger partial charge in [-0.25, -0.2) is 0 Å². The molecule has 0 spiro atoms. The number of hydrogen-bond donors (Lipinski definition) is 0. The van der Waals surface area contributed by atoms with Crippen molar-refractivity contribution in [1.82, 2.24) is 0 Å². The molecule has 0 amide bonds. The van der Waals surface area contributed by atoms with Gasteiger partial charge in [0.25, 0.3) is 0 Å². The molecule has 1 atom stereocenters. The van der Waals surface area contributed by atoms with Crippen molar-refractivity contribution >= 4 is 0 Å². The van der Waals surface area contributed by atoms with Crippen LogP contribution < -0.4 is 0 Å². The molecule has 1 aromatic carbocycles. The van der Waals surface area contributed by atoms with E-state index in [4.69, 9.17) is 0 Å². The third-order valence-corrected chi connectivity index (χ3v) is 2.72. The molecule has 0 bridgehead atoms. The molecule has 68 valence electrons. The molecule has 0 heterocycles. The van der Waals surface area contributed by atoms with Gasteiger partial charge in [0, 0.05) is 5.92 Å². The summed E-state index contributed by atoms with van der Waals surface area (Å²) in [7, 11) is 0. The summed E-state index contributed by atoms with van der Waals surface area (Å²) >= 11 is 0. The quantitative estimate of drug-likeness (QED) is 0.565. The monoisotopic (exact) mass is 172 g/mol. The van der Waals surface area contributed by atoms with Crippen LogP contribution >= 0.6 is 0 Å². The fourth-order valence-corrected chi connectivity index (χ4v) is 1.99. The summed E-state index contributed by atoms with van der Waals surface area (Å²) < 4.78 is 0. The lowest BCUT2D eigenvalue weighted by molar-refractivity contribution is 0.654. The Bertz CT molecular complexity index is 310. The fraction of sp³-hybridized carbons (Fsp3) is 0.385. The highest BCUT2D eigenvalue weighted by atomic mass is 14.1. The van der Waals surface area contributed by atoms with E-state index in [1.807, 2.05) is 0 Å². The number of aryl methyl sites for hydroxylation is 1. The van der Waals surface area contributed by atoms with E-state index in [-0.39, 0.29) is 0 Å². The summed E-state index contributed by atoms with van der Waals surface area (Å²) in [6.45, 7) is 2.16. The smallest absolute Gasteiger partial charge is 0.00181 e. The minimum atomic E-state index is 0.675. The van der Waals surface area contributed by atoms with Gasteiger partial charge < -0.3 is 0 Å². The molecule has 0 unspecified atom stereocenters. The number of rotatable bonds is 1. The number of benzene rings is 1. The molecule has 0 fully saturated rings. The minimum absolute atomic E-state index is 0.675. The normalized spacial score (nSPS) is 21.8. The lowest BCUT2D eigenvalue weighted by Crippen LogP contribution is -1.99. The van der Waals surface area contributed by atoms with Crippen LogP contribution in [0.5, 0.6) is 0 Å². The Hall–Kier alpha value is -1.04. The Morgan fingerprint density at radius 2 is 2.23 bits per heavy atom. The largest absolute Gasteiger partial charge is 0.0879 e. The first-order valence-corrected chi connectivity index (χ1v) is 5.09. The molecule has 1 aromatic rings. The third kappa shape index (κ3) is 2.00. The van der Waals surface area contributed by atoms with Gasteiger partial charge in [-0.05, 0) is 31.7 Å². The van der Waals surface area contributed by atoms with E-state index in [2.05, 4.69) is 43.3 Å². The van der Waals surface area contributed by atoms with Gasteiger partial charge >= 0.3 is 0 Å². The van der Waals surface area contributed by atoms with Crippen molar-refractivity contribution in [3.63, 3.8) is 0 Å². The maximum Gasteiger partial charge on any atom is 0.00181 e. The predicted octanol–water partition coefficient (Wildman–Crippen LogP) is 3.82. The van der Waals surface area contributed by atoms with E-state index in [9.17, 15) is 0 Å². The summed E-state index contributed by atoms with van der Waals surface area (Å²) in [4.78, 5) is 0. The van der Waals surface area contributed by atoms with E-state index in [1.165, 1.54) is 30.4 Å². The summed E-state index contributed by atoms with van der Waals surface area (Å²) in [5, 5.41) is 0. The highest BCUT2D eigenvalue weighted by Crippen LogP contribution is 2.27. The average Bonchev–Trinajstić information content (AvgIpc) is 2.19. The molecule has 0 radical (unpaired) electrons. The van der Waals surface area contributed by atoms with Crippen molar-refractivity contribution < 1.29 is 0 Å². The van der Waals surface area contributed by atoms with Crippen molar-refractivity contribution in [3.8, 4) is 0 Å². The SMILES string of the molecule is Cc1cccc([C@@H]2C=CCCC2)c1. The first kappa shape index (κ1) is 8.55. The Kier molecular flexibility index (Phi) is 2.49. The molecular weight excluding hydrogens is 156 g/mol. The second kappa shape index (κ2) is 3.78. The van der Waals surface area contributed by atoms with Crippen molar-refractivity contribution in [1.29, 1.82) is 0 Å². The van der Waals surface area contributed by atoms with Crippen LogP contribution in [0, 0.1) is 6.92 Å². The summed E-state index contributed by atoms with van der Waals surface area (Å²) in [5.41, 5.74) is 2.85. The molecule has 0 aliphatic heterocycles. The second-order valence-corrected chi connectivity index (χ2v) is 3.88. The lowest BCUT2D eigenvalue weighted by Gasteiger charge is -2.16. The Morgan fingerprint density at radius 3 is 2.92 bits per heavy atom. The van der Waals surface area contributed by atoms with Gasteiger partial charge in [0.15, 0.2) is 0 Å². The van der Waals surface area contributed by atoms with Crippen LogP contribution in [-0.2, 0) is 0 Å². The third-order valence-electron chi connectivity index (χ3n) is 2.72. The molecule has 0 nitrogen and oxygen atoms in total. The van der Waals surface area contributed by atoms with Crippen molar-refractivity contribution in [3.05, 3.63) is 47.5 Å². The molecule has 0 aromatic heterocycles. The first-order chi connectivity index (χ1) is 6.36. The molecule has 0 saturated carbocycles. The molecule has 1 aliphatic rings. The summed E-state index contributed by atoms with van der Waals surface area (Å²) in [6, 6.07) is 8.87. The maximum absolute atomic E-state index is 2.36. The molecule has 13 heavy (non-hydrogen) atoms. The second-order valence-electron chi connectivity index (χ2n) is 3.88. The molecular formula is C13H16. The fourth-order valence-electron chi connectivity index (χ4n) is 1.99. The zero-order chi connectivity index (χ0) is 9.10. The molecule has 0 heteroatoms. The molecule has 0 saturated heterocycles. The van der Waals surface area contributed by atoms with Gasteiger partial charge in [0.2, 0.25) is 0 Å². The predicted molar refractivity (Wildman–Crippen MR) is 56.9 cm³/mol. The molecule has 2 rings (SSSR count). The van der Waals surface area contributed by atoms with E-state index in [0.29, 0.717) is 5.92 Å². The lowest BCUT2D eigenvalue weighted by atomic mass is 9.89. The van der Waals surface area contributed by atoms with Crippen LogP contribution in [0.1, 0.15) is 36.3 Å². The molecule has 1 aliphatic carbocycles. The Labute approximate surface area is 80.3 Å². The van der Waals surface area contributed by atoms with E-state index >= 15 is 0 Å². The van der Waals surface area contributed by atoms with Gasteiger partial charge in [-0.3, -0.25) is 0 Å². The van der Waals surface area contributed by atoms with E-state index in [0.717, 1.165) is 0 Å². The highest BCUT2D eigenvalue weighted by molar-refractivity contribution is 5.28. The van der Waals surface area contributed by atoms with Gasteiger partial charge in [-0.15, -0.1) is 0 Å². The van der Waals surface area contributed by atoms with Crippen LogP contribution in [0.3, 0.4) is 0 Å². The van der Waals surface area contributed by atoms with E-state index in [1.54, 1.807) is 0 Å². The van der Waals surface area contributed by atoms with E-state index < -0.39 is 0 Å². The Balaban J connectivity index is 2.24. The summed E-state index contributed by atoms with van der Waals surface area (Å²) in [5.74, 6) is 0.675. The number of hydrogen-bond acceptors (Lipinski definition) is 0. The van der Waals surface area contributed by atoms with Crippen LogP contribution in [0.4, 0.5) is 0 Å². The minimum Gasteiger partial charge on any atom is -0.0879 e. The van der Waals surface area contributed by atoms with Gasteiger partial charge in [0.1, 0.15) is 0 Å². The van der Waals surface area contributed by atoms with Crippen molar-refractivity contribution in [2.24, 2.45) is 0 Å². The van der Waals surface area contributed by atoms with Gasteiger partial charge in [0.05, 0.1) is 0 Å². The van der Waals surface area contributed by atoms with Crippen LogP contribution in [0.2, 0.25) is 0 Å². The van der Waals surface area contributed by atoms with Crippen molar-refractivity contribution in [2.45, 2.75) is 32.1 Å². The zero-order valence-corrected chi connectivity index (χ0v) is 8.16. The topological polar surface area (TPSA) is 0 Å². The van der Waals surface area contributed by atoms with Gasteiger partial charge in [-0.2, -0.15) is 0 Å². The summed E-state index contributed by atoms with van der Waals surface area (Å²) in [6.07, 6.45) is 8.60. The first-order valence-electron chi connectivity index (χ1n) is 5.09. The van der Waals surface area contributed by atoms with Crippen molar-refractivity contribution in [2.75, 3.05) is 0 Å². The highest BCUT2D eigenvalue weighted by Gasteiger charge is 2.09.